The number of aliphatic hydroxyl groups excluding tert-OH is 4. The number of hydrogen-bond acceptors (Lipinski definition) is 9. The van der Waals surface area contributed by atoms with Gasteiger partial charge in [0.2, 0.25) is 16.7 Å². The summed E-state index contributed by atoms with van der Waals surface area (Å²) in [5.41, 5.74) is 0. The van der Waals surface area contributed by atoms with E-state index in [4.69, 9.17) is 32.6 Å². The summed E-state index contributed by atoms with van der Waals surface area (Å²) in [7, 11) is 0. The van der Waals surface area contributed by atoms with Gasteiger partial charge in [-0.2, -0.15) is 9.97 Å². The van der Waals surface area contributed by atoms with Crippen LogP contribution in [0.15, 0.2) is 0 Å². The summed E-state index contributed by atoms with van der Waals surface area (Å²) in [6.07, 6.45) is 15.8. The van der Waals surface area contributed by atoms with Gasteiger partial charge in [-0.15, -0.1) is 0 Å². The first-order valence-electron chi connectivity index (χ1n) is 14.6. The van der Waals surface area contributed by atoms with Crippen molar-refractivity contribution in [3.63, 3.8) is 0 Å². The van der Waals surface area contributed by atoms with Gasteiger partial charge in [-0.3, -0.25) is 4.98 Å². The van der Waals surface area contributed by atoms with Crippen LogP contribution in [-0.4, -0.2) is 88.0 Å². The van der Waals surface area contributed by atoms with Crippen molar-refractivity contribution >= 4 is 24.1 Å². The minimum Gasteiger partial charge on any atom is -0.396 e. The van der Waals surface area contributed by atoms with Crippen LogP contribution in [0, 0.1) is 4.77 Å². The predicted octanol–water partition coefficient (Wildman–Crippen LogP) is 4.36. The molecule has 0 unspecified atom stereocenters. The maximum atomic E-state index is 9.07. The molecule has 0 aliphatic carbocycles. The lowest BCUT2D eigenvalue weighted by Crippen LogP contribution is -2.31. The van der Waals surface area contributed by atoms with Crippen LogP contribution >= 0.6 is 12.2 Å². The third-order valence-electron chi connectivity index (χ3n) is 6.57. The molecule has 0 saturated heterocycles. The summed E-state index contributed by atoms with van der Waals surface area (Å²) in [5, 5.41) is 36.3. The highest BCUT2D eigenvalue weighted by atomic mass is 32.1. The number of aliphatic hydroxyl groups is 4. The van der Waals surface area contributed by atoms with Gasteiger partial charge in [0.05, 0.1) is 0 Å². The number of hydrogen-bond donors (Lipinski definition) is 5. The number of aromatic nitrogens is 3. The SMILES string of the molecule is OCCCCCCN(CCCCCCO)c1nc(=S)nc(N(CCCCCCO)CCCCCCO)[nH]1. The van der Waals surface area contributed by atoms with Crippen molar-refractivity contribution in [3.8, 4) is 0 Å². The second-order valence-electron chi connectivity index (χ2n) is 9.80. The van der Waals surface area contributed by atoms with E-state index in [-0.39, 0.29) is 26.4 Å². The molecule has 0 aliphatic rings. The van der Waals surface area contributed by atoms with E-state index in [9.17, 15) is 0 Å². The Morgan fingerprint density at radius 3 is 1.00 bits per heavy atom. The van der Waals surface area contributed by atoms with Crippen LogP contribution in [0.1, 0.15) is 103 Å². The Balaban J connectivity index is 2.94. The normalized spacial score (nSPS) is 11.2. The third kappa shape index (κ3) is 17.0. The lowest BCUT2D eigenvalue weighted by Gasteiger charge is -2.27. The Morgan fingerprint density at radius 2 is 0.730 bits per heavy atom. The Hall–Kier alpha value is -1.33. The number of nitrogens with one attached hydrogen (secondary N) is 1. The topological polar surface area (TPSA) is 129 Å². The smallest absolute Gasteiger partial charge is 0.225 e. The number of unbranched alkanes of at least 4 members (excludes halogenated alkanes) is 12. The molecule has 0 saturated carbocycles. The minimum absolute atomic E-state index is 0.243. The quantitative estimate of drug-likeness (QED) is 0.0855. The van der Waals surface area contributed by atoms with E-state index in [2.05, 4.69) is 24.8 Å². The van der Waals surface area contributed by atoms with E-state index in [1.807, 2.05) is 0 Å². The molecule has 0 amide bonds. The second-order valence-corrected chi connectivity index (χ2v) is 10.2. The van der Waals surface area contributed by atoms with Crippen LogP contribution in [0.25, 0.3) is 0 Å². The summed E-state index contributed by atoms with van der Waals surface area (Å²) in [4.78, 5) is 17.3. The molecule has 0 radical (unpaired) electrons. The average molecular weight is 544 g/mol. The van der Waals surface area contributed by atoms with Gasteiger partial charge in [-0.05, 0) is 63.6 Å². The van der Waals surface area contributed by atoms with E-state index in [0.717, 1.165) is 141 Å². The summed E-state index contributed by atoms with van der Waals surface area (Å²) < 4.78 is 0.347. The van der Waals surface area contributed by atoms with Gasteiger partial charge in [0, 0.05) is 52.6 Å². The molecule has 1 aromatic heterocycles. The number of aromatic amines is 1. The second kappa shape index (κ2) is 23.8. The molecular formula is C27H53N5O4S. The maximum Gasteiger partial charge on any atom is 0.225 e. The van der Waals surface area contributed by atoms with Crippen LogP contribution in [0.2, 0.25) is 0 Å². The number of H-pyrrole nitrogens is 1. The maximum absolute atomic E-state index is 9.07. The van der Waals surface area contributed by atoms with Crippen molar-refractivity contribution < 1.29 is 20.4 Å². The molecule has 1 heterocycles. The highest BCUT2D eigenvalue weighted by Gasteiger charge is 2.15. The van der Waals surface area contributed by atoms with E-state index >= 15 is 0 Å². The van der Waals surface area contributed by atoms with Gasteiger partial charge in [0.1, 0.15) is 0 Å². The van der Waals surface area contributed by atoms with Crippen molar-refractivity contribution in [2.75, 3.05) is 62.4 Å². The molecule has 1 rings (SSSR count). The molecule has 0 spiro atoms. The van der Waals surface area contributed by atoms with E-state index < -0.39 is 0 Å². The summed E-state index contributed by atoms with van der Waals surface area (Å²) in [6.45, 7) is 4.45. The summed E-state index contributed by atoms with van der Waals surface area (Å²) in [6, 6.07) is 0. The molecular weight excluding hydrogens is 490 g/mol. The molecule has 10 heteroatoms. The fourth-order valence-corrected chi connectivity index (χ4v) is 4.55. The molecule has 216 valence electrons. The van der Waals surface area contributed by atoms with Crippen molar-refractivity contribution in [2.24, 2.45) is 0 Å². The van der Waals surface area contributed by atoms with Crippen LogP contribution < -0.4 is 9.80 Å². The zero-order valence-electron chi connectivity index (χ0n) is 23.0. The molecule has 0 fully saturated rings. The lowest BCUT2D eigenvalue weighted by atomic mass is 10.1. The minimum atomic E-state index is 0.243. The number of rotatable bonds is 26. The van der Waals surface area contributed by atoms with Crippen molar-refractivity contribution in [1.29, 1.82) is 0 Å². The van der Waals surface area contributed by atoms with Crippen LogP contribution in [-0.2, 0) is 0 Å². The van der Waals surface area contributed by atoms with Gasteiger partial charge in [-0.25, -0.2) is 0 Å². The lowest BCUT2D eigenvalue weighted by molar-refractivity contribution is 0.282. The van der Waals surface area contributed by atoms with Gasteiger partial charge >= 0.3 is 0 Å². The van der Waals surface area contributed by atoms with Crippen LogP contribution in [0.3, 0.4) is 0 Å². The molecule has 0 bridgehead atoms. The van der Waals surface area contributed by atoms with Crippen LogP contribution in [0.5, 0.6) is 0 Å². The molecule has 9 nitrogen and oxygen atoms in total. The molecule has 5 N–H and O–H groups in total. The first-order chi connectivity index (χ1) is 18.2. The highest BCUT2D eigenvalue weighted by molar-refractivity contribution is 7.71. The average Bonchev–Trinajstić information content (AvgIpc) is 2.89. The van der Waals surface area contributed by atoms with Gasteiger partial charge in [-0.1, -0.05) is 51.4 Å². The standard InChI is InChI=1S/C27H53N5O4S/c33-21-13-5-1-9-17-31(18-10-2-6-14-22-34)25-28-26(30-27(37)29-25)32(19-11-3-7-15-23-35)20-12-4-8-16-24-36/h33-36H,1-24H2,(H,28,29,30,37). The zero-order valence-corrected chi connectivity index (χ0v) is 23.8. The molecule has 37 heavy (non-hydrogen) atoms. The molecule has 1 aromatic rings. The Kier molecular flexibility index (Phi) is 21.6. The fourth-order valence-electron chi connectivity index (χ4n) is 4.38. The molecule has 0 aromatic carbocycles. The van der Waals surface area contributed by atoms with Gasteiger partial charge in [0.25, 0.3) is 0 Å². The Bertz CT molecular complexity index is 628. The van der Waals surface area contributed by atoms with Crippen LogP contribution in [0.4, 0.5) is 11.9 Å². The van der Waals surface area contributed by atoms with Gasteiger partial charge < -0.3 is 30.2 Å². The summed E-state index contributed by atoms with van der Waals surface area (Å²) in [5.74, 6) is 1.54. The molecule has 0 atom stereocenters. The zero-order chi connectivity index (χ0) is 27.0. The Morgan fingerprint density at radius 1 is 0.459 bits per heavy atom. The van der Waals surface area contributed by atoms with E-state index in [1.54, 1.807) is 0 Å². The number of nitrogens with zero attached hydrogens (tertiary/aromatic N) is 4. The van der Waals surface area contributed by atoms with E-state index in [1.165, 1.54) is 0 Å². The fraction of sp³-hybridized carbons (Fsp3) is 0.889. The third-order valence-corrected chi connectivity index (χ3v) is 6.75. The first-order valence-corrected chi connectivity index (χ1v) is 15.0. The first kappa shape index (κ1) is 33.7. The van der Waals surface area contributed by atoms with E-state index in [0.29, 0.717) is 4.77 Å². The summed E-state index contributed by atoms with van der Waals surface area (Å²) >= 11 is 5.50. The van der Waals surface area contributed by atoms with Crippen molar-refractivity contribution in [1.82, 2.24) is 15.0 Å². The number of anilines is 2. The highest BCUT2D eigenvalue weighted by Crippen LogP contribution is 2.18. The van der Waals surface area contributed by atoms with Crippen molar-refractivity contribution in [3.05, 3.63) is 4.77 Å². The monoisotopic (exact) mass is 543 g/mol. The Labute approximate surface area is 229 Å². The predicted molar refractivity (Wildman–Crippen MR) is 154 cm³/mol. The van der Waals surface area contributed by atoms with Gasteiger partial charge in [0.15, 0.2) is 0 Å². The van der Waals surface area contributed by atoms with Crippen molar-refractivity contribution in [2.45, 2.75) is 103 Å². The molecule has 0 aliphatic heterocycles. The largest absolute Gasteiger partial charge is 0.396 e.